The number of benzene rings is 1. The molecule has 1 aromatic carbocycles. The van der Waals surface area contributed by atoms with Gasteiger partial charge in [-0.3, -0.25) is 19.7 Å². The van der Waals surface area contributed by atoms with E-state index in [0.717, 1.165) is 6.07 Å². The number of hydrogen-bond acceptors (Lipinski definition) is 5. The normalized spacial score (nSPS) is 10.7. The smallest absolute Gasteiger partial charge is 0.328 e. The molecule has 2 amide bonds. The lowest BCUT2D eigenvalue weighted by atomic mass is 10.1. The van der Waals surface area contributed by atoms with Crippen molar-refractivity contribution in [1.29, 1.82) is 0 Å². The van der Waals surface area contributed by atoms with Gasteiger partial charge < -0.3 is 15.7 Å². The van der Waals surface area contributed by atoms with Crippen molar-refractivity contribution < 1.29 is 24.4 Å². The van der Waals surface area contributed by atoms with Crippen molar-refractivity contribution in [2.45, 2.75) is 19.4 Å². The molecule has 0 spiro atoms. The number of carboxylic acids is 1. The molecule has 0 aliphatic rings. The van der Waals surface area contributed by atoms with Crippen LogP contribution in [-0.4, -0.2) is 39.9 Å². The lowest BCUT2D eigenvalue weighted by Crippen LogP contribution is -2.52. The van der Waals surface area contributed by atoms with E-state index in [9.17, 15) is 24.5 Å². The molecule has 0 saturated carbocycles. The summed E-state index contributed by atoms with van der Waals surface area (Å²) in [6.45, 7) is 1.99. The summed E-state index contributed by atoms with van der Waals surface area (Å²) in [4.78, 5) is 44.7. The predicted octanol–water partition coefficient (Wildman–Crippen LogP) is 0.957. The number of hydrogen-bond donors (Lipinski definition) is 3. The number of rotatable bonds is 6. The maximum atomic E-state index is 12.0. The molecular formula is C13H14ClN3O6. The summed E-state index contributed by atoms with van der Waals surface area (Å²) in [5, 5.41) is 24.0. The number of nitrogens with one attached hydrogen (secondary N) is 2. The molecule has 0 aliphatic heterocycles. The van der Waals surface area contributed by atoms with Gasteiger partial charge in [0.2, 0.25) is 5.91 Å². The van der Waals surface area contributed by atoms with E-state index in [1.165, 1.54) is 26.0 Å². The minimum atomic E-state index is -1.52. The summed E-state index contributed by atoms with van der Waals surface area (Å²) < 4.78 is 0. The molecule has 9 nitrogen and oxygen atoms in total. The van der Waals surface area contributed by atoms with E-state index in [-0.39, 0.29) is 10.6 Å². The van der Waals surface area contributed by atoms with Crippen LogP contribution in [0.4, 0.5) is 5.69 Å². The summed E-state index contributed by atoms with van der Waals surface area (Å²) in [6.07, 6.45) is 0. The van der Waals surface area contributed by atoms with Gasteiger partial charge in [0.25, 0.3) is 11.6 Å². The number of nitro groups is 1. The number of nitrogens with zero attached hydrogens (tertiary/aromatic N) is 1. The summed E-state index contributed by atoms with van der Waals surface area (Å²) in [5.41, 5.74) is -2.39. The third kappa shape index (κ3) is 4.65. The second-order valence-corrected chi connectivity index (χ2v) is 5.46. The highest BCUT2D eigenvalue weighted by atomic mass is 35.5. The molecule has 1 aromatic rings. The first-order chi connectivity index (χ1) is 10.6. The fourth-order valence-corrected chi connectivity index (χ4v) is 1.84. The lowest BCUT2D eigenvalue weighted by molar-refractivity contribution is -0.385. The SMILES string of the molecule is CC(C)(NC(=O)CNC(=O)c1c(Cl)cccc1[N+](=O)[O-])C(=O)O. The average molecular weight is 344 g/mol. The van der Waals surface area contributed by atoms with E-state index in [1.807, 2.05) is 0 Å². The zero-order chi connectivity index (χ0) is 17.8. The van der Waals surface area contributed by atoms with Crippen molar-refractivity contribution in [3.63, 3.8) is 0 Å². The molecule has 3 N–H and O–H groups in total. The fraction of sp³-hybridized carbons (Fsp3) is 0.308. The van der Waals surface area contributed by atoms with Crippen molar-refractivity contribution in [2.24, 2.45) is 0 Å². The van der Waals surface area contributed by atoms with Crippen LogP contribution in [0.2, 0.25) is 5.02 Å². The van der Waals surface area contributed by atoms with Gasteiger partial charge in [-0.1, -0.05) is 17.7 Å². The first-order valence-corrected chi connectivity index (χ1v) is 6.69. The Kier molecular flexibility index (Phi) is 5.63. The second-order valence-electron chi connectivity index (χ2n) is 5.05. The Hall–Kier alpha value is -2.68. The number of carboxylic acid groups (broad SMARTS) is 1. The van der Waals surface area contributed by atoms with E-state index in [1.54, 1.807) is 0 Å². The molecular weight excluding hydrogens is 330 g/mol. The van der Waals surface area contributed by atoms with E-state index in [2.05, 4.69) is 10.6 Å². The number of carbonyl (C=O) groups excluding carboxylic acids is 2. The van der Waals surface area contributed by atoms with E-state index < -0.39 is 40.5 Å². The Morgan fingerprint density at radius 1 is 1.35 bits per heavy atom. The molecule has 0 heterocycles. The molecule has 0 unspecified atom stereocenters. The minimum absolute atomic E-state index is 0.136. The zero-order valence-corrected chi connectivity index (χ0v) is 13.0. The molecule has 1 rings (SSSR count). The predicted molar refractivity (Wildman–Crippen MR) is 80.3 cm³/mol. The highest BCUT2D eigenvalue weighted by Crippen LogP contribution is 2.25. The first-order valence-electron chi connectivity index (χ1n) is 6.31. The van der Waals surface area contributed by atoms with Crippen LogP contribution in [0.15, 0.2) is 18.2 Å². The third-order valence-electron chi connectivity index (χ3n) is 2.81. The molecule has 0 radical (unpaired) electrons. The second kappa shape index (κ2) is 7.05. The Bertz CT molecular complexity index is 674. The lowest BCUT2D eigenvalue weighted by Gasteiger charge is -2.21. The minimum Gasteiger partial charge on any atom is -0.480 e. The fourth-order valence-electron chi connectivity index (χ4n) is 1.58. The van der Waals surface area contributed by atoms with Crippen LogP contribution in [0.5, 0.6) is 0 Å². The van der Waals surface area contributed by atoms with Crippen molar-refractivity contribution >= 4 is 35.1 Å². The van der Waals surface area contributed by atoms with Crippen LogP contribution in [0.3, 0.4) is 0 Å². The van der Waals surface area contributed by atoms with Gasteiger partial charge in [0.05, 0.1) is 16.5 Å². The number of amides is 2. The molecule has 0 fully saturated rings. The number of aliphatic carboxylic acids is 1. The van der Waals surface area contributed by atoms with Crippen molar-refractivity contribution in [3.8, 4) is 0 Å². The van der Waals surface area contributed by atoms with E-state index in [0.29, 0.717) is 0 Å². The van der Waals surface area contributed by atoms with Crippen LogP contribution in [0.1, 0.15) is 24.2 Å². The average Bonchev–Trinajstić information content (AvgIpc) is 2.43. The van der Waals surface area contributed by atoms with Crippen LogP contribution in [0, 0.1) is 10.1 Å². The molecule has 0 aromatic heterocycles. The Morgan fingerprint density at radius 2 is 1.96 bits per heavy atom. The topological polar surface area (TPSA) is 139 Å². The molecule has 0 aliphatic carbocycles. The van der Waals surface area contributed by atoms with Gasteiger partial charge in [-0.25, -0.2) is 4.79 Å². The number of carbonyl (C=O) groups is 3. The Balaban J connectivity index is 2.81. The highest BCUT2D eigenvalue weighted by Gasteiger charge is 2.29. The van der Waals surface area contributed by atoms with E-state index >= 15 is 0 Å². The Labute approximate surface area is 135 Å². The molecule has 10 heteroatoms. The van der Waals surface area contributed by atoms with Crippen molar-refractivity contribution in [1.82, 2.24) is 10.6 Å². The monoisotopic (exact) mass is 343 g/mol. The number of halogens is 1. The van der Waals surface area contributed by atoms with Gasteiger partial charge in [0.15, 0.2) is 0 Å². The van der Waals surface area contributed by atoms with Crippen LogP contribution in [0.25, 0.3) is 0 Å². The van der Waals surface area contributed by atoms with Gasteiger partial charge in [0, 0.05) is 6.07 Å². The summed E-state index contributed by atoms with van der Waals surface area (Å²) in [7, 11) is 0. The van der Waals surface area contributed by atoms with Crippen LogP contribution >= 0.6 is 11.6 Å². The highest BCUT2D eigenvalue weighted by molar-refractivity contribution is 6.34. The van der Waals surface area contributed by atoms with Crippen molar-refractivity contribution in [2.75, 3.05) is 6.54 Å². The quantitative estimate of drug-likeness (QED) is 0.519. The van der Waals surface area contributed by atoms with Gasteiger partial charge in [-0.05, 0) is 19.9 Å². The maximum absolute atomic E-state index is 12.0. The van der Waals surface area contributed by atoms with Gasteiger partial charge in [-0.2, -0.15) is 0 Å². The van der Waals surface area contributed by atoms with Crippen molar-refractivity contribution in [3.05, 3.63) is 38.9 Å². The largest absolute Gasteiger partial charge is 0.480 e. The van der Waals surface area contributed by atoms with Gasteiger partial charge in [0.1, 0.15) is 11.1 Å². The third-order valence-corrected chi connectivity index (χ3v) is 3.13. The molecule has 0 saturated heterocycles. The van der Waals surface area contributed by atoms with Crippen LogP contribution < -0.4 is 10.6 Å². The summed E-state index contributed by atoms with van der Waals surface area (Å²) in [5.74, 6) is -2.93. The first kappa shape index (κ1) is 18.4. The standard InChI is InChI=1S/C13H14ClN3O6/c1-13(2,12(20)21)16-9(18)6-15-11(19)10-7(14)4-3-5-8(10)17(22)23/h3-5H,6H2,1-2H3,(H,15,19)(H,16,18)(H,20,21). The van der Waals surface area contributed by atoms with Crippen LogP contribution in [-0.2, 0) is 9.59 Å². The summed E-state index contributed by atoms with van der Waals surface area (Å²) in [6, 6.07) is 3.73. The molecule has 23 heavy (non-hydrogen) atoms. The van der Waals surface area contributed by atoms with Gasteiger partial charge >= 0.3 is 5.97 Å². The Morgan fingerprint density at radius 3 is 2.48 bits per heavy atom. The molecule has 0 atom stereocenters. The zero-order valence-electron chi connectivity index (χ0n) is 12.3. The van der Waals surface area contributed by atoms with E-state index in [4.69, 9.17) is 16.7 Å². The number of nitro benzene ring substituents is 1. The summed E-state index contributed by atoms with van der Waals surface area (Å²) >= 11 is 5.79. The molecule has 124 valence electrons. The maximum Gasteiger partial charge on any atom is 0.328 e. The molecule has 0 bridgehead atoms. The van der Waals surface area contributed by atoms with Gasteiger partial charge in [-0.15, -0.1) is 0 Å².